The second-order valence-electron chi connectivity index (χ2n) is 7.97. The molecule has 8 heteroatoms. The van der Waals surface area contributed by atoms with Gasteiger partial charge in [-0.25, -0.2) is 0 Å². The van der Waals surface area contributed by atoms with Crippen molar-refractivity contribution < 1.29 is 24.6 Å². The molecule has 3 atom stereocenters. The van der Waals surface area contributed by atoms with E-state index in [1.54, 1.807) is 30.5 Å². The fraction of sp³-hybridized carbons (Fsp3) is 0.409. The Morgan fingerprint density at radius 3 is 2.43 bits per heavy atom. The third-order valence-electron chi connectivity index (χ3n) is 6.10. The van der Waals surface area contributed by atoms with Crippen LogP contribution in [0.1, 0.15) is 37.3 Å². The Labute approximate surface area is 173 Å². The standard InChI is InChI=1S/C22H25N3O5/c26-20(14-5-1-2-6-15(14)21(27)28)24-13-7-8-18-16(11-13)17(12-23-18)19(22(29)30)25-9-3-4-10-25/h1-2,7-8,11-12,14-15,19,23H,3-6,9-10H2,(H,24,26)(H,27,28)(H,29,30)/t14-,15-,19+/m1/s1. The maximum absolute atomic E-state index is 12.8. The summed E-state index contributed by atoms with van der Waals surface area (Å²) in [5.41, 5.74) is 1.98. The summed E-state index contributed by atoms with van der Waals surface area (Å²) in [7, 11) is 0. The first-order valence-electron chi connectivity index (χ1n) is 10.2. The summed E-state index contributed by atoms with van der Waals surface area (Å²) in [6, 6.07) is 4.56. The number of carbonyl (C=O) groups is 3. The van der Waals surface area contributed by atoms with Crippen molar-refractivity contribution >= 4 is 34.4 Å². The van der Waals surface area contributed by atoms with Gasteiger partial charge in [-0.15, -0.1) is 0 Å². The topological polar surface area (TPSA) is 123 Å². The monoisotopic (exact) mass is 411 g/mol. The summed E-state index contributed by atoms with van der Waals surface area (Å²) in [5, 5.41) is 22.8. The Kier molecular flexibility index (Phi) is 5.59. The first-order valence-corrected chi connectivity index (χ1v) is 10.2. The number of aliphatic carboxylic acids is 2. The van der Waals surface area contributed by atoms with E-state index in [0.29, 0.717) is 24.1 Å². The molecule has 4 rings (SSSR count). The molecule has 1 amide bonds. The molecule has 2 aliphatic rings. The van der Waals surface area contributed by atoms with Crippen molar-refractivity contribution in [2.45, 2.75) is 31.7 Å². The number of hydrogen-bond acceptors (Lipinski definition) is 4. The number of hydrogen-bond donors (Lipinski definition) is 4. The number of carboxylic acid groups (broad SMARTS) is 2. The van der Waals surface area contributed by atoms with Crippen molar-refractivity contribution in [3.05, 3.63) is 42.1 Å². The van der Waals surface area contributed by atoms with Crippen LogP contribution in [-0.4, -0.2) is 51.0 Å². The predicted octanol–water partition coefficient (Wildman–Crippen LogP) is 2.99. The highest BCUT2D eigenvalue weighted by molar-refractivity contribution is 5.98. The Hall–Kier alpha value is -3.13. The lowest BCUT2D eigenvalue weighted by Gasteiger charge is -2.24. The van der Waals surface area contributed by atoms with Gasteiger partial charge >= 0.3 is 11.9 Å². The molecule has 4 N–H and O–H groups in total. The molecule has 2 aromatic rings. The van der Waals surface area contributed by atoms with Crippen molar-refractivity contribution in [1.82, 2.24) is 9.88 Å². The average Bonchev–Trinajstić information content (AvgIpc) is 3.39. The number of carbonyl (C=O) groups excluding carboxylic acids is 1. The summed E-state index contributed by atoms with van der Waals surface area (Å²) in [5.74, 6) is -3.58. The molecule has 0 saturated carbocycles. The number of aromatic amines is 1. The van der Waals surface area contributed by atoms with Crippen LogP contribution in [0.15, 0.2) is 36.5 Å². The third kappa shape index (κ3) is 3.82. The molecule has 1 aromatic heterocycles. The molecule has 1 aliphatic carbocycles. The Balaban J connectivity index is 1.61. The van der Waals surface area contributed by atoms with Gasteiger partial charge in [0.1, 0.15) is 6.04 Å². The molecule has 0 spiro atoms. The SMILES string of the molecule is O=C(O)[C@H](c1c[nH]c2ccc(NC(=O)[C@@H]3CC=CC[C@H]3C(=O)O)cc12)N1CCCC1. The Morgan fingerprint density at radius 2 is 1.77 bits per heavy atom. The lowest BCUT2D eigenvalue weighted by Crippen LogP contribution is -2.34. The van der Waals surface area contributed by atoms with Gasteiger partial charge in [0.25, 0.3) is 0 Å². The summed E-state index contributed by atoms with van der Waals surface area (Å²) >= 11 is 0. The second kappa shape index (κ2) is 8.31. The maximum atomic E-state index is 12.8. The van der Waals surface area contributed by atoms with Crippen LogP contribution in [-0.2, 0) is 14.4 Å². The fourth-order valence-corrected chi connectivity index (χ4v) is 4.54. The molecule has 0 unspecified atom stereocenters. The molecular weight excluding hydrogens is 386 g/mol. The molecular formula is C22H25N3O5. The summed E-state index contributed by atoms with van der Waals surface area (Å²) in [6.45, 7) is 1.48. The van der Waals surface area contributed by atoms with E-state index in [1.807, 2.05) is 11.0 Å². The number of allylic oxidation sites excluding steroid dienone is 2. The van der Waals surface area contributed by atoms with Crippen LogP contribution in [0, 0.1) is 11.8 Å². The minimum atomic E-state index is -0.974. The van der Waals surface area contributed by atoms with Crippen molar-refractivity contribution in [3.8, 4) is 0 Å². The summed E-state index contributed by atoms with van der Waals surface area (Å²) in [6.07, 6.45) is 8.04. The van der Waals surface area contributed by atoms with E-state index in [4.69, 9.17) is 0 Å². The smallest absolute Gasteiger partial charge is 0.325 e. The van der Waals surface area contributed by atoms with E-state index in [9.17, 15) is 24.6 Å². The molecule has 1 fully saturated rings. The predicted molar refractivity (Wildman–Crippen MR) is 111 cm³/mol. The van der Waals surface area contributed by atoms with Gasteiger partial charge in [-0.05, 0) is 57.0 Å². The fourth-order valence-electron chi connectivity index (χ4n) is 4.54. The van der Waals surface area contributed by atoms with Crippen LogP contribution in [0.2, 0.25) is 0 Å². The van der Waals surface area contributed by atoms with Gasteiger partial charge in [-0.2, -0.15) is 0 Å². The lowest BCUT2D eigenvalue weighted by molar-refractivity contribution is -0.146. The average molecular weight is 411 g/mol. The summed E-state index contributed by atoms with van der Waals surface area (Å²) in [4.78, 5) is 41.4. The molecule has 8 nitrogen and oxygen atoms in total. The minimum absolute atomic E-state index is 0.336. The van der Waals surface area contributed by atoms with Crippen LogP contribution in [0.5, 0.6) is 0 Å². The highest BCUT2D eigenvalue weighted by atomic mass is 16.4. The van der Waals surface area contributed by atoms with Gasteiger partial charge in [0.2, 0.25) is 5.91 Å². The van der Waals surface area contributed by atoms with Crippen LogP contribution in [0.4, 0.5) is 5.69 Å². The quantitative estimate of drug-likeness (QED) is 0.542. The number of benzene rings is 1. The van der Waals surface area contributed by atoms with Crippen molar-refractivity contribution in [3.63, 3.8) is 0 Å². The zero-order valence-electron chi connectivity index (χ0n) is 16.5. The van der Waals surface area contributed by atoms with Crippen LogP contribution < -0.4 is 5.32 Å². The van der Waals surface area contributed by atoms with E-state index in [1.165, 1.54) is 0 Å². The van der Waals surface area contributed by atoms with E-state index in [0.717, 1.165) is 36.8 Å². The number of nitrogens with one attached hydrogen (secondary N) is 2. The minimum Gasteiger partial charge on any atom is -0.481 e. The number of rotatable bonds is 6. The molecule has 2 heterocycles. The molecule has 1 saturated heterocycles. The van der Waals surface area contributed by atoms with Crippen LogP contribution in [0.3, 0.4) is 0 Å². The first-order chi connectivity index (χ1) is 14.5. The number of carboxylic acids is 2. The molecule has 0 radical (unpaired) electrons. The van der Waals surface area contributed by atoms with Crippen molar-refractivity contribution in [1.29, 1.82) is 0 Å². The molecule has 158 valence electrons. The maximum Gasteiger partial charge on any atom is 0.325 e. The Bertz CT molecular complexity index is 1010. The molecule has 1 aromatic carbocycles. The number of amides is 1. The number of fused-ring (bicyclic) bond motifs is 1. The van der Waals surface area contributed by atoms with Gasteiger partial charge in [-0.1, -0.05) is 12.2 Å². The van der Waals surface area contributed by atoms with Gasteiger partial charge in [0.15, 0.2) is 0 Å². The molecule has 0 bridgehead atoms. The zero-order valence-corrected chi connectivity index (χ0v) is 16.5. The highest BCUT2D eigenvalue weighted by Gasteiger charge is 2.34. The first kappa shape index (κ1) is 20.2. The number of aromatic nitrogens is 1. The molecule has 1 aliphatic heterocycles. The largest absolute Gasteiger partial charge is 0.481 e. The van der Waals surface area contributed by atoms with E-state index < -0.39 is 29.8 Å². The molecule has 30 heavy (non-hydrogen) atoms. The van der Waals surface area contributed by atoms with Crippen LogP contribution in [0.25, 0.3) is 10.9 Å². The van der Waals surface area contributed by atoms with Gasteiger partial charge < -0.3 is 20.5 Å². The highest BCUT2D eigenvalue weighted by Crippen LogP contribution is 2.33. The lowest BCUT2D eigenvalue weighted by atomic mass is 9.82. The normalized spacial score (nSPS) is 22.8. The van der Waals surface area contributed by atoms with Gasteiger partial charge in [0, 0.05) is 28.4 Å². The third-order valence-corrected chi connectivity index (χ3v) is 6.10. The van der Waals surface area contributed by atoms with Crippen molar-refractivity contribution in [2.24, 2.45) is 11.8 Å². The second-order valence-corrected chi connectivity index (χ2v) is 7.97. The zero-order chi connectivity index (χ0) is 21.3. The number of anilines is 1. The number of H-pyrrole nitrogens is 1. The van der Waals surface area contributed by atoms with E-state index >= 15 is 0 Å². The van der Waals surface area contributed by atoms with Gasteiger partial charge in [0.05, 0.1) is 11.8 Å². The Morgan fingerprint density at radius 1 is 1.07 bits per heavy atom. The number of likely N-dealkylation sites (tertiary alicyclic amines) is 1. The van der Waals surface area contributed by atoms with E-state index in [-0.39, 0.29) is 5.91 Å². The van der Waals surface area contributed by atoms with Crippen LogP contribution >= 0.6 is 0 Å². The van der Waals surface area contributed by atoms with E-state index in [2.05, 4.69) is 10.3 Å². The van der Waals surface area contributed by atoms with Crippen molar-refractivity contribution in [2.75, 3.05) is 18.4 Å². The number of nitrogens with zero attached hydrogens (tertiary/aromatic N) is 1. The summed E-state index contributed by atoms with van der Waals surface area (Å²) < 4.78 is 0. The van der Waals surface area contributed by atoms with Gasteiger partial charge in [-0.3, -0.25) is 19.3 Å².